The first-order chi connectivity index (χ1) is 22.6. The minimum Gasteiger partial charge on any atom is -0.494 e. The van der Waals surface area contributed by atoms with Crippen LogP contribution in [0.4, 0.5) is 28.8 Å². The largest absolute Gasteiger partial charge is 0.494 e. The second kappa shape index (κ2) is 13.0. The lowest BCUT2D eigenvalue weighted by atomic mass is 10.0. The van der Waals surface area contributed by atoms with Gasteiger partial charge in [-0.3, -0.25) is 14.9 Å². The third-order valence-corrected chi connectivity index (χ3v) is 12.0. The standard InChI is InChI=1S/C34H43BrN9O2P/c1-21-14-28(30(46-3)15-29(21)43-12-8-24(9-13-43)44-19-22-17-42(2)18-23(22)20-44)40-34-38-16-25(35)33(41-34)39-27-7-6-26-31(37-11-10-36-26)32(27)47(4,5)45/h6-7,10-11,14-16,22-24H,8-9,12-13,17-20H2,1-5H3,(H2,38,39,40,41)/t22-,23?/m1/s1. The van der Waals surface area contributed by atoms with Gasteiger partial charge in [0.2, 0.25) is 5.95 Å². The van der Waals surface area contributed by atoms with Crippen LogP contribution in [0.3, 0.4) is 0 Å². The Morgan fingerprint density at radius 2 is 1.68 bits per heavy atom. The number of rotatable bonds is 8. The molecule has 11 nitrogen and oxygen atoms in total. The Labute approximate surface area is 285 Å². The van der Waals surface area contributed by atoms with Crippen LogP contribution >= 0.6 is 23.1 Å². The van der Waals surface area contributed by atoms with Gasteiger partial charge in [-0.25, -0.2) is 4.98 Å². The van der Waals surface area contributed by atoms with Crippen molar-refractivity contribution in [2.75, 3.05) is 82.3 Å². The molecular formula is C34H43BrN9O2P. The van der Waals surface area contributed by atoms with E-state index in [4.69, 9.17) is 9.72 Å². The van der Waals surface area contributed by atoms with E-state index in [0.29, 0.717) is 44.3 Å². The molecule has 13 heteroatoms. The van der Waals surface area contributed by atoms with Crippen LogP contribution in [-0.4, -0.2) is 103 Å². The van der Waals surface area contributed by atoms with E-state index in [2.05, 4.69) is 82.3 Å². The zero-order chi connectivity index (χ0) is 32.9. The summed E-state index contributed by atoms with van der Waals surface area (Å²) in [7, 11) is 1.22. The van der Waals surface area contributed by atoms with E-state index in [1.54, 1.807) is 39.0 Å². The Morgan fingerprint density at radius 3 is 2.38 bits per heavy atom. The van der Waals surface area contributed by atoms with Crippen LogP contribution in [0.5, 0.6) is 5.75 Å². The van der Waals surface area contributed by atoms with Crippen LogP contribution in [0.1, 0.15) is 18.4 Å². The first kappa shape index (κ1) is 32.2. The van der Waals surface area contributed by atoms with Gasteiger partial charge in [0.1, 0.15) is 24.2 Å². The van der Waals surface area contributed by atoms with Crippen LogP contribution in [0, 0.1) is 18.8 Å². The molecule has 7 rings (SSSR count). The molecule has 2 atom stereocenters. The first-order valence-corrected chi connectivity index (χ1v) is 19.7. The smallest absolute Gasteiger partial charge is 0.229 e. The van der Waals surface area contributed by atoms with Crippen molar-refractivity contribution < 1.29 is 9.30 Å². The van der Waals surface area contributed by atoms with Gasteiger partial charge in [0.05, 0.1) is 33.8 Å². The molecule has 0 bridgehead atoms. The van der Waals surface area contributed by atoms with Crippen molar-refractivity contribution in [3.63, 3.8) is 0 Å². The molecule has 2 aromatic heterocycles. The number of aryl methyl sites for hydroxylation is 1. The molecule has 3 aliphatic heterocycles. The predicted octanol–water partition coefficient (Wildman–Crippen LogP) is 5.70. The van der Waals surface area contributed by atoms with E-state index in [9.17, 15) is 4.57 Å². The number of halogens is 1. The summed E-state index contributed by atoms with van der Waals surface area (Å²) in [4.78, 5) is 26.0. The minimum absolute atomic E-state index is 0.404. The van der Waals surface area contributed by atoms with Gasteiger partial charge in [0, 0.05) is 75.7 Å². The lowest BCUT2D eigenvalue weighted by Gasteiger charge is -2.39. The lowest BCUT2D eigenvalue weighted by molar-refractivity contribution is 0.184. The maximum atomic E-state index is 13.4. The number of methoxy groups -OCH3 is 1. The van der Waals surface area contributed by atoms with Crippen LogP contribution in [0.15, 0.2) is 47.3 Å². The fourth-order valence-electron chi connectivity index (χ4n) is 7.75. The van der Waals surface area contributed by atoms with Crippen molar-refractivity contribution in [1.29, 1.82) is 0 Å². The fraction of sp³-hybridized carbons (Fsp3) is 0.471. The van der Waals surface area contributed by atoms with Crippen molar-refractivity contribution in [3.05, 3.63) is 52.9 Å². The van der Waals surface area contributed by atoms with Crippen LogP contribution < -0.4 is 25.6 Å². The number of anilines is 5. The highest BCUT2D eigenvalue weighted by atomic mass is 79.9. The van der Waals surface area contributed by atoms with Crippen LogP contribution in [0.2, 0.25) is 0 Å². The Morgan fingerprint density at radius 1 is 0.957 bits per heavy atom. The van der Waals surface area contributed by atoms with E-state index in [1.165, 1.54) is 50.3 Å². The molecule has 0 spiro atoms. The van der Waals surface area contributed by atoms with Crippen molar-refractivity contribution in [2.24, 2.45) is 11.8 Å². The molecule has 248 valence electrons. The molecular weight excluding hydrogens is 677 g/mol. The van der Waals surface area contributed by atoms with Crippen molar-refractivity contribution >= 4 is 68.2 Å². The average Bonchev–Trinajstić information content (AvgIpc) is 3.60. The summed E-state index contributed by atoms with van der Waals surface area (Å²) in [5.74, 6) is 3.37. The Hall–Kier alpha value is -3.31. The van der Waals surface area contributed by atoms with E-state index >= 15 is 0 Å². The highest BCUT2D eigenvalue weighted by Gasteiger charge is 2.41. The zero-order valence-electron chi connectivity index (χ0n) is 27.7. The summed E-state index contributed by atoms with van der Waals surface area (Å²) >= 11 is 3.58. The Bertz CT molecular complexity index is 1830. The van der Waals surface area contributed by atoms with Gasteiger partial charge in [-0.2, -0.15) is 4.98 Å². The summed E-state index contributed by atoms with van der Waals surface area (Å²) in [5, 5.41) is 7.38. The number of piperidine rings is 1. The monoisotopic (exact) mass is 719 g/mol. The van der Waals surface area contributed by atoms with E-state index in [1.807, 2.05) is 12.1 Å². The number of benzene rings is 2. The van der Waals surface area contributed by atoms with Crippen LogP contribution in [-0.2, 0) is 4.57 Å². The molecule has 47 heavy (non-hydrogen) atoms. The number of fused-ring (bicyclic) bond motifs is 2. The van der Waals surface area contributed by atoms with Gasteiger partial charge < -0.3 is 29.7 Å². The second-order valence-electron chi connectivity index (χ2n) is 13.6. The molecule has 3 aliphatic rings. The maximum absolute atomic E-state index is 13.4. The van der Waals surface area contributed by atoms with E-state index < -0.39 is 7.14 Å². The molecule has 5 heterocycles. The molecule has 0 radical (unpaired) electrons. The number of ether oxygens (including phenoxy) is 1. The SMILES string of the molecule is COc1cc(N2CCC(N3CC4CN(C)C[C@@H]4C3)CC2)c(C)cc1Nc1ncc(Br)c(Nc2ccc3nccnc3c2P(C)(C)=O)n1. The molecule has 0 amide bonds. The van der Waals surface area contributed by atoms with Crippen LogP contribution in [0.25, 0.3) is 11.0 Å². The molecule has 2 N–H and O–H groups in total. The quantitative estimate of drug-likeness (QED) is 0.219. The Kier molecular flexibility index (Phi) is 8.89. The van der Waals surface area contributed by atoms with Gasteiger partial charge in [-0.15, -0.1) is 0 Å². The van der Waals surface area contributed by atoms with Gasteiger partial charge >= 0.3 is 0 Å². The summed E-state index contributed by atoms with van der Waals surface area (Å²) in [6, 6.07) is 8.67. The summed E-state index contributed by atoms with van der Waals surface area (Å²) in [6.07, 6.45) is 7.33. The number of nitrogens with zero attached hydrogens (tertiary/aromatic N) is 7. The van der Waals surface area contributed by atoms with Gasteiger partial charge in [-0.05, 0) is 91.7 Å². The average molecular weight is 721 g/mol. The second-order valence-corrected chi connectivity index (χ2v) is 17.6. The first-order valence-electron chi connectivity index (χ1n) is 16.3. The highest BCUT2D eigenvalue weighted by Crippen LogP contribution is 2.42. The molecule has 0 saturated carbocycles. The predicted molar refractivity (Wildman–Crippen MR) is 194 cm³/mol. The number of hydrogen-bond donors (Lipinski definition) is 2. The van der Waals surface area contributed by atoms with Gasteiger partial charge in [-0.1, -0.05) is 0 Å². The maximum Gasteiger partial charge on any atom is 0.229 e. The molecule has 3 saturated heterocycles. The number of hydrogen-bond acceptors (Lipinski definition) is 11. The highest BCUT2D eigenvalue weighted by molar-refractivity contribution is 9.10. The third kappa shape index (κ3) is 6.57. The summed E-state index contributed by atoms with van der Waals surface area (Å²) < 4.78 is 20.0. The molecule has 2 aromatic carbocycles. The fourth-order valence-corrected chi connectivity index (χ4v) is 9.43. The summed E-state index contributed by atoms with van der Waals surface area (Å²) in [6.45, 7) is 12.7. The molecule has 1 unspecified atom stereocenters. The topological polar surface area (TPSA) is 112 Å². The normalized spacial score (nSPS) is 20.9. The zero-order valence-corrected chi connectivity index (χ0v) is 30.2. The molecule has 3 fully saturated rings. The van der Waals surface area contributed by atoms with E-state index in [0.717, 1.165) is 36.4 Å². The third-order valence-electron chi connectivity index (χ3n) is 9.93. The lowest BCUT2D eigenvalue weighted by Crippen LogP contribution is -2.45. The number of likely N-dealkylation sites (tertiary alicyclic amines) is 2. The number of aromatic nitrogens is 4. The molecule has 0 aliphatic carbocycles. The summed E-state index contributed by atoms with van der Waals surface area (Å²) in [5.41, 5.74) is 5.14. The Balaban J connectivity index is 1.07. The van der Waals surface area contributed by atoms with Gasteiger partial charge in [0.15, 0.2) is 0 Å². The van der Waals surface area contributed by atoms with E-state index in [-0.39, 0.29) is 0 Å². The minimum atomic E-state index is -2.73. The van der Waals surface area contributed by atoms with Crippen molar-refractivity contribution in [3.8, 4) is 5.75 Å². The van der Waals surface area contributed by atoms with Crippen molar-refractivity contribution in [2.45, 2.75) is 25.8 Å². The van der Waals surface area contributed by atoms with Gasteiger partial charge in [0.25, 0.3) is 0 Å². The molecule has 4 aromatic rings. The van der Waals surface area contributed by atoms with Crippen molar-refractivity contribution in [1.82, 2.24) is 29.7 Å². The number of nitrogens with one attached hydrogen (secondary N) is 2.